The number of aryl methyl sites for hydroxylation is 1. The Kier molecular flexibility index (Phi) is 5.15. The minimum Gasteiger partial charge on any atom is -0.441 e. The predicted octanol–water partition coefficient (Wildman–Crippen LogP) is 3.32. The van der Waals surface area contributed by atoms with Gasteiger partial charge < -0.3 is 20.2 Å². The quantitative estimate of drug-likeness (QED) is 0.803. The van der Waals surface area contributed by atoms with E-state index in [1.54, 1.807) is 6.20 Å². The van der Waals surface area contributed by atoms with E-state index in [2.05, 4.69) is 15.6 Å². The van der Waals surface area contributed by atoms with Crippen molar-refractivity contribution in [3.63, 3.8) is 0 Å². The number of benzene rings is 1. The van der Waals surface area contributed by atoms with Crippen LogP contribution < -0.4 is 10.6 Å². The highest BCUT2D eigenvalue weighted by molar-refractivity contribution is 5.90. The van der Waals surface area contributed by atoms with Crippen LogP contribution in [0.3, 0.4) is 0 Å². The number of aromatic nitrogens is 1. The number of aliphatic hydroxyl groups excluding tert-OH is 1. The van der Waals surface area contributed by atoms with Gasteiger partial charge in [-0.25, -0.2) is 9.78 Å². The third-order valence-electron chi connectivity index (χ3n) is 4.45. The van der Waals surface area contributed by atoms with E-state index in [4.69, 9.17) is 4.42 Å². The Labute approximate surface area is 141 Å². The Morgan fingerprint density at radius 2 is 2.21 bits per heavy atom. The van der Waals surface area contributed by atoms with Crippen molar-refractivity contribution in [2.75, 3.05) is 11.9 Å². The summed E-state index contributed by atoms with van der Waals surface area (Å²) in [5.74, 6) is 1.42. The summed E-state index contributed by atoms with van der Waals surface area (Å²) in [5.41, 5.74) is 1.49. The first-order chi connectivity index (χ1) is 11.7. The number of nitrogens with one attached hydrogen (secondary N) is 2. The van der Waals surface area contributed by atoms with Gasteiger partial charge in [-0.2, -0.15) is 0 Å². The van der Waals surface area contributed by atoms with Gasteiger partial charge in [0.05, 0.1) is 6.20 Å². The molecule has 6 nitrogen and oxygen atoms in total. The summed E-state index contributed by atoms with van der Waals surface area (Å²) in [6.45, 7) is 1.96. The molecule has 1 aliphatic rings. The summed E-state index contributed by atoms with van der Waals surface area (Å²) in [5, 5.41) is 15.3. The van der Waals surface area contributed by atoms with Gasteiger partial charge in [-0.1, -0.05) is 18.9 Å². The van der Waals surface area contributed by atoms with Gasteiger partial charge >= 0.3 is 6.03 Å². The van der Waals surface area contributed by atoms with Crippen molar-refractivity contribution in [2.24, 2.45) is 5.92 Å². The number of hydrogen-bond donors (Lipinski definition) is 3. The fourth-order valence-corrected chi connectivity index (χ4v) is 3.17. The number of hydrogen-bond acceptors (Lipinski definition) is 4. The van der Waals surface area contributed by atoms with E-state index in [-0.39, 0.29) is 24.6 Å². The average Bonchev–Trinajstić information content (AvgIpc) is 3.02. The SMILES string of the molecule is Cc1cnc(-c2cccc(NC(=O)N[C@H]3CCCC[C@H]3CO)c2)o1. The molecule has 1 aromatic heterocycles. The van der Waals surface area contributed by atoms with Crippen molar-refractivity contribution in [3.8, 4) is 11.5 Å². The third-order valence-corrected chi connectivity index (χ3v) is 4.45. The summed E-state index contributed by atoms with van der Waals surface area (Å²) in [6, 6.07) is 7.17. The van der Waals surface area contributed by atoms with Crippen molar-refractivity contribution in [1.29, 1.82) is 0 Å². The lowest BCUT2D eigenvalue weighted by Crippen LogP contribution is -2.45. The Bertz CT molecular complexity index is 698. The number of anilines is 1. The number of aliphatic hydroxyl groups is 1. The fourth-order valence-electron chi connectivity index (χ4n) is 3.17. The Morgan fingerprint density at radius 1 is 1.38 bits per heavy atom. The molecule has 3 N–H and O–H groups in total. The van der Waals surface area contributed by atoms with Crippen molar-refractivity contribution < 1.29 is 14.3 Å². The zero-order chi connectivity index (χ0) is 16.9. The molecule has 24 heavy (non-hydrogen) atoms. The summed E-state index contributed by atoms with van der Waals surface area (Å²) in [4.78, 5) is 16.4. The minimum absolute atomic E-state index is 0.0290. The van der Waals surface area contributed by atoms with Gasteiger partial charge in [0, 0.05) is 29.8 Å². The second-order valence-corrected chi connectivity index (χ2v) is 6.29. The van der Waals surface area contributed by atoms with E-state index in [1.165, 1.54) is 0 Å². The van der Waals surface area contributed by atoms with Gasteiger partial charge in [0.2, 0.25) is 5.89 Å². The second-order valence-electron chi connectivity index (χ2n) is 6.29. The molecule has 2 aromatic rings. The van der Waals surface area contributed by atoms with Crippen LogP contribution in [-0.2, 0) is 0 Å². The molecule has 2 amide bonds. The first-order valence-corrected chi connectivity index (χ1v) is 8.37. The first-order valence-electron chi connectivity index (χ1n) is 8.37. The number of carbonyl (C=O) groups is 1. The predicted molar refractivity (Wildman–Crippen MR) is 91.7 cm³/mol. The number of nitrogens with zero attached hydrogens (tertiary/aromatic N) is 1. The van der Waals surface area contributed by atoms with Crippen molar-refractivity contribution in [2.45, 2.75) is 38.6 Å². The Hall–Kier alpha value is -2.34. The molecule has 1 heterocycles. The van der Waals surface area contributed by atoms with Crippen LogP contribution in [-0.4, -0.2) is 28.8 Å². The van der Waals surface area contributed by atoms with E-state index >= 15 is 0 Å². The summed E-state index contributed by atoms with van der Waals surface area (Å²) >= 11 is 0. The number of oxazole rings is 1. The molecule has 2 atom stereocenters. The topological polar surface area (TPSA) is 87.4 Å². The van der Waals surface area contributed by atoms with Crippen LogP contribution in [0.15, 0.2) is 34.9 Å². The Morgan fingerprint density at radius 3 is 2.96 bits per heavy atom. The zero-order valence-corrected chi connectivity index (χ0v) is 13.8. The van der Waals surface area contributed by atoms with Crippen LogP contribution >= 0.6 is 0 Å². The van der Waals surface area contributed by atoms with Crippen molar-refractivity contribution >= 4 is 11.7 Å². The Balaban J connectivity index is 1.64. The van der Waals surface area contributed by atoms with E-state index in [0.29, 0.717) is 11.6 Å². The summed E-state index contributed by atoms with van der Waals surface area (Å²) in [6.07, 6.45) is 5.73. The van der Waals surface area contributed by atoms with Gasteiger partial charge in [0.15, 0.2) is 0 Å². The van der Waals surface area contributed by atoms with Crippen LogP contribution in [0, 0.1) is 12.8 Å². The molecular formula is C18H23N3O3. The number of urea groups is 1. The van der Waals surface area contributed by atoms with Gasteiger partial charge in [-0.3, -0.25) is 0 Å². The van der Waals surface area contributed by atoms with Crippen molar-refractivity contribution in [1.82, 2.24) is 10.3 Å². The maximum Gasteiger partial charge on any atom is 0.319 e. The lowest BCUT2D eigenvalue weighted by Gasteiger charge is -2.30. The molecule has 1 fully saturated rings. The average molecular weight is 329 g/mol. The molecule has 0 unspecified atom stereocenters. The van der Waals surface area contributed by atoms with Crippen LogP contribution in [0.5, 0.6) is 0 Å². The zero-order valence-electron chi connectivity index (χ0n) is 13.8. The number of carbonyl (C=O) groups excluding carboxylic acids is 1. The van der Waals surface area contributed by atoms with E-state index in [1.807, 2.05) is 31.2 Å². The summed E-state index contributed by atoms with van der Waals surface area (Å²) in [7, 11) is 0. The highest BCUT2D eigenvalue weighted by atomic mass is 16.4. The highest BCUT2D eigenvalue weighted by Crippen LogP contribution is 2.25. The molecule has 6 heteroatoms. The van der Waals surface area contributed by atoms with Crippen molar-refractivity contribution in [3.05, 3.63) is 36.2 Å². The number of amides is 2. The molecule has 3 rings (SSSR count). The smallest absolute Gasteiger partial charge is 0.319 e. The van der Waals surface area contributed by atoms with Crippen LogP contribution in [0.1, 0.15) is 31.4 Å². The fraction of sp³-hybridized carbons (Fsp3) is 0.444. The van der Waals surface area contributed by atoms with E-state index in [0.717, 1.165) is 37.0 Å². The molecular weight excluding hydrogens is 306 g/mol. The normalized spacial score (nSPS) is 20.6. The lowest BCUT2D eigenvalue weighted by atomic mass is 9.85. The largest absolute Gasteiger partial charge is 0.441 e. The molecule has 1 aromatic carbocycles. The maximum absolute atomic E-state index is 12.3. The van der Waals surface area contributed by atoms with Gasteiger partial charge in [-0.05, 0) is 38.0 Å². The van der Waals surface area contributed by atoms with Crippen LogP contribution in [0.4, 0.5) is 10.5 Å². The monoisotopic (exact) mass is 329 g/mol. The molecule has 0 saturated heterocycles. The molecule has 0 spiro atoms. The molecule has 1 saturated carbocycles. The molecule has 128 valence electrons. The van der Waals surface area contributed by atoms with Crippen LogP contribution in [0.2, 0.25) is 0 Å². The van der Waals surface area contributed by atoms with E-state index in [9.17, 15) is 9.90 Å². The molecule has 0 radical (unpaired) electrons. The molecule has 0 bridgehead atoms. The van der Waals surface area contributed by atoms with Gasteiger partial charge in [0.1, 0.15) is 5.76 Å². The minimum atomic E-state index is -0.249. The van der Waals surface area contributed by atoms with Crippen LogP contribution in [0.25, 0.3) is 11.5 Å². The molecule has 1 aliphatic carbocycles. The first kappa shape index (κ1) is 16.5. The lowest BCUT2D eigenvalue weighted by molar-refractivity contribution is 0.156. The second kappa shape index (κ2) is 7.49. The summed E-state index contributed by atoms with van der Waals surface area (Å²) < 4.78 is 5.51. The maximum atomic E-state index is 12.3. The third kappa shape index (κ3) is 3.94. The standard InChI is InChI=1S/C18H23N3O3/c1-12-10-19-17(24-12)13-6-4-7-15(9-13)20-18(23)21-16-8-3-2-5-14(16)11-22/h4,6-7,9-10,14,16,22H,2-3,5,8,11H2,1H3,(H2,20,21,23)/t14-,16-/m0/s1. The van der Waals surface area contributed by atoms with E-state index < -0.39 is 0 Å². The number of rotatable bonds is 4. The van der Waals surface area contributed by atoms with Gasteiger partial charge in [-0.15, -0.1) is 0 Å². The molecule has 0 aliphatic heterocycles. The highest BCUT2D eigenvalue weighted by Gasteiger charge is 2.25. The van der Waals surface area contributed by atoms with Gasteiger partial charge in [0.25, 0.3) is 0 Å².